The molecule has 4 nitrogen and oxygen atoms in total. The first-order valence-electron chi connectivity index (χ1n) is 3.13. The summed E-state index contributed by atoms with van der Waals surface area (Å²) in [5, 5.41) is 0. The second-order valence-corrected chi connectivity index (χ2v) is 2.45. The highest BCUT2D eigenvalue weighted by Gasteiger charge is 2.04. The topological polar surface area (TPSA) is 55.6 Å². The molecule has 0 aliphatic heterocycles. The fourth-order valence-corrected chi connectivity index (χ4v) is 0.332. The minimum Gasteiger partial charge on any atom is -0.448 e. The molecule has 68 valence electrons. The monoisotopic (exact) mass is 182 g/mol. The van der Waals surface area contributed by atoms with Gasteiger partial charge in [0.15, 0.2) is 0 Å². The Balaban J connectivity index is 0. The van der Waals surface area contributed by atoms with Gasteiger partial charge in [-0.2, -0.15) is 0 Å². The average molecular weight is 183 g/mol. The average Bonchev–Trinajstić information content (AvgIpc) is 1.82. The SMILES string of the molecule is C[C@@H](N)COC(=O)N(C)C.Cl. The van der Waals surface area contributed by atoms with Crippen LogP contribution in [0.25, 0.3) is 0 Å². The molecule has 11 heavy (non-hydrogen) atoms. The lowest BCUT2D eigenvalue weighted by atomic mass is 10.4. The minimum atomic E-state index is -0.350. The minimum absolute atomic E-state index is 0. The predicted molar refractivity (Wildman–Crippen MR) is 45.9 cm³/mol. The van der Waals surface area contributed by atoms with Gasteiger partial charge in [-0.3, -0.25) is 0 Å². The quantitative estimate of drug-likeness (QED) is 0.675. The Kier molecular flexibility index (Phi) is 7.46. The lowest BCUT2D eigenvalue weighted by Crippen LogP contribution is -2.29. The number of carbonyl (C=O) groups excluding carboxylic acids is 1. The van der Waals surface area contributed by atoms with E-state index in [1.54, 1.807) is 21.0 Å². The lowest BCUT2D eigenvalue weighted by molar-refractivity contribution is 0.114. The second-order valence-electron chi connectivity index (χ2n) is 2.45. The zero-order valence-electron chi connectivity index (χ0n) is 7.03. The van der Waals surface area contributed by atoms with Crippen molar-refractivity contribution in [2.75, 3.05) is 20.7 Å². The van der Waals surface area contributed by atoms with E-state index in [-0.39, 0.29) is 31.1 Å². The van der Waals surface area contributed by atoms with Crippen LogP contribution in [-0.4, -0.2) is 37.7 Å². The van der Waals surface area contributed by atoms with Gasteiger partial charge in [-0.1, -0.05) is 0 Å². The molecule has 0 fully saturated rings. The van der Waals surface area contributed by atoms with Gasteiger partial charge in [0.25, 0.3) is 0 Å². The Morgan fingerprint density at radius 2 is 2.09 bits per heavy atom. The van der Waals surface area contributed by atoms with Crippen LogP contribution in [0.5, 0.6) is 0 Å². The maximum Gasteiger partial charge on any atom is 0.409 e. The highest BCUT2D eigenvalue weighted by molar-refractivity contribution is 5.85. The molecule has 2 N–H and O–H groups in total. The molecule has 0 saturated carbocycles. The number of rotatable bonds is 2. The van der Waals surface area contributed by atoms with Crippen molar-refractivity contribution in [1.82, 2.24) is 4.90 Å². The molecule has 0 aromatic rings. The van der Waals surface area contributed by atoms with Crippen molar-refractivity contribution >= 4 is 18.5 Å². The molecule has 1 atom stereocenters. The molecule has 0 saturated heterocycles. The zero-order valence-corrected chi connectivity index (χ0v) is 7.85. The van der Waals surface area contributed by atoms with Gasteiger partial charge < -0.3 is 15.4 Å². The number of hydrogen-bond donors (Lipinski definition) is 1. The molecule has 5 heteroatoms. The summed E-state index contributed by atoms with van der Waals surface area (Å²) in [5.74, 6) is 0. The molecular weight excluding hydrogens is 168 g/mol. The molecule has 0 radical (unpaired) electrons. The number of nitrogens with two attached hydrogens (primary N) is 1. The zero-order chi connectivity index (χ0) is 8.15. The summed E-state index contributed by atoms with van der Waals surface area (Å²) in [6, 6.07) is -0.0936. The number of halogens is 1. The number of amides is 1. The van der Waals surface area contributed by atoms with Gasteiger partial charge in [-0.15, -0.1) is 12.4 Å². The first-order chi connectivity index (χ1) is 4.54. The highest BCUT2D eigenvalue weighted by Crippen LogP contribution is 1.86. The van der Waals surface area contributed by atoms with E-state index in [4.69, 9.17) is 10.5 Å². The molecule has 0 aliphatic rings. The number of carbonyl (C=O) groups is 1. The Bertz CT molecular complexity index is 117. The summed E-state index contributed by atoms with van der Waals surface area (Å²) in [7, 11) is 3.26. The van der Waals surface area contributed by atoms with E-state index in [1.165, 1.54) is 4.90 Å². The molecule has 0 bridgehead atoms. The van der Waals surface area contributed by atoms with E-state index in [1.807, 2.05) is 0 Å². The molecule has 0 rings (SSSR count). The molecule has 0 aromatic heterocycles. The molecule has 0 spiro atoms. The van der Waals surface area contributed by atoms with Crippen LogP contribution < -0.4 is 5.73 Å². The van der Waals surface area contributed by atoms with Gasteiger partial charge in [0.1, 0.15) is 6.61 Å². The maximum absolute atomic E-state index is 10.7. The Hall–Kier alpha value is -0.480. The Morgan fingerprint density at radius 1 is 1.64 bits per heavy atom. The van der Waals surface area contributed by atoms with Crippen LogP contribution >= 0.6 is 12.4 Å². The third-order valence-electron chi connectivity index (χ3n) is 0.835. The lowest BCUT2D eigenvalue weighted by Gasteiger charge is -2.11. The predicted octanol–water partition coefficient (Wildman–Crippen LogP) is 0.454. The van der Waals surface area contributed by atoms with Crippen molar-refractivity contribution < 1.29 is 9.53 Å². The fraction of sp³-hybridized carbons (Fsp3) is 0.833. The Labute approximate surface area is 73.1 Å². The highest BCUT2D eigenvalue weighted by atomic mass is 35.5. The van der Waals surface area contributed by atoms with Crippen molar-refractivity contribution in [3.05, 3.63) is 0 Å². The summed E-state index contributed by atoms with van der Waals surface area (Å²) < 4.78 is 4.73. The van der Waals surface area contributed by atoms with Gasteiger partial charge in [0, 0.05) is 20.1 Å². The molecule has 0 aliphatic carbocycles. The first-order valence-corrected chi connectivity index (χ1v) is 3.13. The number of ether oxygens (including phenoxy) is 1. The van der Waals surface area contributed by atoms with E-state index in [9.17, 15) is 4.79 Å². The largest absolute Gasteiger partial charge is 0.448 e. The van der Waals surface area contributed by atoms with Gasteiger partial charge in [0.05, 0.1) is 0 Å². The van der Waals surface area contributed by atoms with Gasteiger partial charge >= 0.3 is 6.09 Å². The van der Waals surface area contributed by atoms with Crippen molar-refractivity contribution in [3.63, 3.8) is 0 Å². The first kappa shape index (κ1) is 13.1. The van der Waals surface area contributed by atoms with Crippen LogP contribution in [0.3, 0.4) is 0 Å². The molecule has 0 unspecified atom stereocenters. The summed E-state index contributed by atoms with van der Waals surface area (Å²) >= 11 is 0. The standard InChI is InChI=1S/C6H14N2O2.ClH/c1-5(7)4-10-6(9)8(2)3;/h5H,4,7H2,1-3H3;1H/t5-;/m1./s1. The normalized spacial score (nSPS) is 11.3. The summed E-state index contributed by atoms with van der Waals surface area (Å²) in [6.45, 7) is 2.06. The summed E-state index contributed by atoms with van der Waals surface area (Å²) in [5.41, 5.74) is 5.35. The number of nitrogens with zero attached hydrogens (tertiary/aromatic N) is 1. The van der Waals surface area contributed by atoms with E-state index >= 15 is 0 Å². The van der Waals surface area contributed by atoms with E-state index in [2.05, 4.69) is 0 Å². The van der Waals surface area contributed by atoms with Crippen LogP contribution in [0.2, 0.25) is 0 Å². The summed E-state index contributed by atoms with van der Waals surface area (Å²) in [4.78, 5) is 12.1. The van der Waals surface area contributed by atoms with Gasteiger partial charge in [0.2, 0.25) is 0 Å². The molecule has 0 aromatic carbocycles. The van der Waals surface area contributed by atoms with Crippen LogP contribution in [0.1, 0.15) is 6.92 Å². The van der Waals surface area contributed by atoms with E-state index in [0.29, 0.717) is 0 Å². The fourth-order valence-electron chi connectivity index (χ4n) is 0.332. The van der Waals surface area contributed by atoms with Crippen molar-refractivity contribution in [3.8, 4) is 0 Å². The van der Waals surface area contributed by atoms with Crippen LogP contribution in [-0.2, 0) is 4.74 Å². The van der Waals surface area contributed by atoms with Crippen LogP contribution in [0.4, 0.5) is 4.79 Å². The van der Waals surface area contributed by atoms with Crippen molar-refractivity contribution in [2.24, 2.45) is 5.73 Å². The Morgan fingerprint density at radius 3 is 2.36 bits per heavy atom. The van der Waals surface area contributed by atoms with Gasteiger partial charge in [-0.05, 0) is 6.92 Å². The van der Waals surface area contributed by atoms with Gasteiger partial charge in [-0.25, -0.2) is 4.79 Å². The third-order valence-corrected chi connectivity index (χ3v) is 0.835. The number of hydrogen-bond acceptors (Lipinski definition) is 3. The smallest absolute Gasteiger partial charge is 0.409 e. The molecule has 1 amide bonds. The van der Waals surface area contributed by atoms with Crippen LogP contribution in [0.15, 0.2) is 0 Å². The molecule has 0 heterocycles. The van der Waals surface area contributed by atoms with Crippen LogP contribution in [0, 0.1) is 0 Å². The maximum atomic E-state index is 10.7. The van der Waals surface area contributed by atoms with Crippen molar-refractivity contribution in [1.29, 1.82) is 0 Å². The van der Waals surface area contributed by atoms with E-state index < -0.39 is 0 Å². The summed E-state index contributed by atoms with van der Waals surface area (Å²) in [6.07, 6.45) is -0.350. The third kappa shape index (κ3) is 7.42. The van der Waals surface area contributed by atoms with Crippen molar-refractivity contribution in [2.45, 2.75) is 13.0 Å². The second kappa shape index (κ2) is 6.24. The van der Waals surface area contributed by atoms with E-state index in [0.717, 1.165) is 0 Å². The molecular formula is C6H15ClN2O2.